The summed E-state index contributed by atoms with van der Waals surface area (Å²) in [5.74, 6) is 0. The van der Waals surface area contributed by atoms with Gasteiger partial charge in [-0.2, -0.15) is 0 Å². The molecule has 6 aliphatic heterocycles. The van der Waals surface area contributed by atoms with E-state index in [4.69, 9.17) is 31.7 Å². The Kier molecular flexibility index (Phi) is 4.65. The molecule has 144 valence electrons. The third kappa shape index (κ3) is 3.59. The number of phosphoric acid groups is 1. The van der Waals surface area contributed by atoms with Crippen LogP contribution in [0.5, 0.6) is 0 Å². The van der Waals surface area contributed by atoms with Gasteiger partial charge in [0, 0.05) is 0 Å². The summed E-state index contributed by atoms with van der Waals surface area (Å²) in [7, 11) is -9.54. The molecule has 2 N–H and O–H groups in total. The van der Waals surface area contributed by atoms with E-state index in [0.29, 0.717) is 0 Å². The average Bonchev–Trinajstić information content (AvgIpc) is 2.58. The minimum absolute atomic E-state index is 0.0348. The molecule has 0 aromatic heterocycles. The zero-order valence-electron chi connectivity index (χ0n) is 13.7. The quantitative estimate of drug-likeness (QED) is 0.606. The summed E-state index contributed by atoms with van der Waals surface area (Å²) in [6.45, 7) is 2.76. The maximum atomic E-state index is 13.4. The van der Waals surface area contributed by atoms with E-state index < -0.39 is 34.1 Å². The molecule has 6 aliphatic rings. The van der Waals surface area contributed by atoms with Crippen molar-refractivity contribution < 1.29 is 40.8 Å². The minimum Gasteiger partial charge on any atom is -0.315 e. The maximum absolute atomic E-state index is 13.4. The highest BCUT2D eigenvalue weighted by atomic mass is 31.2. The third-order valence-electron chi connectivity index (χ3n) is 4.19. The Hall–Kier alpha value is 0.400. The normalized spacial score (nSPS) is 48.4. The van der Waals surface area contributed by atoms with Crippen LogP contribution in [0.2, 0.25) is 0 Å². The third-order valence-corrected chi connectivity index (χ3v) is 9.25. The van der Waals surface area contributed by atoms with Gasteiger partial charge in [-0.1, -0.05) is 0 Å². The van der Waals surface area contributed by atoms with Crippen LogP contribution in [-0.4, -0.2) is 63.6 Å². The summed E-state index contributed by atoms with van der Waals surface area (Å²) >= 11 is 0. The van der Waals surface area contributed by atoms with Gasteiger partial charge in [0.05, 0.1) is 57.3 Å². The molecule has 0 spiro atoms. The van der Waals surface area contributed by atoms with Crippen LogP contribution in [0.25, 0.3) is 0 Å². The van der Waals surface area contributed by atoms with Crippen molar-refractivity contribution in [1.29, 1.82) is 0 Å². The molecule has 6 fully saturated rings. The molecular weight excluding hydrogens is 397 g/mol. The molecule has 1 atom stereocenters. The maximum Gasteiger partial charge on any atom is 0.474 e. The van der Waals surface area contributed by atoms with E-state index in [-0.39, 0.29) is 46.2 Å². The fourth-order valence-electron chi connectivity index (χ4n) is 2.84. The van der Waals surface area contributed by atoms with Gasteiger partial charge < -0.3 is 18.1 Å². The number of hydrogen-bond acceptors (Lipinski definition) is 9. The van der Waals surface area contributed by atoms with Crippen LogP contribution < -0.4 is 10.2 Å². The highest BCUT2D eigenvalue weighted by molar-refractivity contribution is 7.59. The molecule has 0 aromatic carbocycles. The first-order valence-electron chi connectivity index (χ1n) is 7.76. The molecule has 6 heterocycles. The highest BCUT2D eigenvalue weighted by Crippen LogP contribution is 2.61. The molecule has 6 saturated heterocycles. The summed E-state index contributed by atoms with van der Waals surface area (Å²) in [4.78, 5) is 0. The molecule has 0 radical (unpaired) electrons. The molecule has 4 bridgehead atoms. The highest BCUT2D eigenvalue weighted by Gasteiger charge is 2.56. The van der Waals surface area contributed by atoms with Crippen LogP contribution in [0.1, 0.15) is 6.92 Å². The zero-order valence-corrected chi connectivity index (χ0v) is 16.4. The summed E-state index contributed by atoms with van der Waals surface area (Å²) in [5, 5.41) is 5.92. The van der Waals surface area contributed by atoms with E-state index in [0.717, 1.165) is 0 Å². The van der Waals surface area contributed by atoms with E-state index in [2.05, 4.69) is 16.5 Å². The fourth-order valence-corrected chi connectivity index (χ4v) is 8.02. The van der Waals surface area contributed by atoms with E-state index in [1.165, 1.54) is 0 Å². The second-order valence-corrected chi connectivity index (χ2v) is 11.9. The number of phosphoric ester groups is 1. The molecule has 6 rings (SSSR count). The lowest BCUT2D eigenvalue weighted by molar-refractivity contribution is -0.0581. The summed E-state index contributed by atoms with van der Waals surface area (Å²) in [6, 6.07) is 0. The van der Waals surface area contributed by atoms with Crippen LogP contribution in [0.15, 0.2) is 0 Å². The van der Waals surface area contributed by atoms with Gasteiger partial charge in [-0.05, 0) is 13.2 Å². The SMILES string of the molecule is C=P12OCC(NP(=O)(NC34COP(=O)(OC3)OC4)OCC)(CO1)CO2. The molecule has 0 aliphatic carbocycles. The minimum atomic E-state index is -3.59. The largest absolute Gasteiger partial charge is 0.474 e. The smallest absolute Gasteiger partial charge is 0.315 e. The number of rotatable bonds is 6. The van der Waals surface area contributed by atoms with E-state index in [9.17, 15) is 9.13 Å². The molecule has 0 saturated carbocycles. The fraction of sp³-hybridized carbons (Fsp3) is 0.909. The van der Waals surface area contributed by atoms with Crippen molar-refractivity contribution in [3.8, 4) is 0 Å². The predicted octanol–water partition coefficient (Wildman–Crippen LogP) is 1.24. The van der Waals surface area contributed by atoms with Gasteiger partial charge in [0.1, 0.15) is 0 Å². The van der Waals surface area contributed by atoms with Crippen molar-refractivity contribution >= 4 is 29.4 Å². The molecule has 0 amide bonds. The van der Waals surface area contributed by atoms with Crippen LogP contribution in [0.4, 0.5) is 0 Å². The molecule has 11 nitrogen and oxygen atoms in total. The van der Waals surface area contributed by atoms with Gasteiger partial charge in [0.15, 0.2) is 0 Å². The monoisotopic (exact) mass is 418 g/mol. The lowest BCUT2D eigenvalue weighted by Gasteiger charge is -2.50. The first-order chi connectivity index (χ1) is 11.7. The van der Waals surface area contributed by atoms with E-state index >= 15 is 0 Å². The lowest BCUT2D eigenvalue weighted by Crippen LogP contribution is -2.64. The van der Waals surface area contributed by atoms with Crippen LogP contribution in [-0.2, 0) is 40.8 Å². The first-order valence-corrected chi connectivity index (χ1v) is 12.6. The van der Waals surface area contributed by atoms with E-state index in [1.807, 2.05) is 0 Å². The van der Waals surface area contributed by atoms with Crippen LogP contribution >= 0.6 is 23.1 Å². The van der Waals surface area contributed by atoms with Gasteiger partial charge in [-0.15, -0.1) is 0 Å². The Bertz CT molecular complexity index is 586. The Morgan fingerprint density at radius 2 is 1.36 bits per heavy atom. The first kappa shape index (κ1) is 18.7. The summed E-state index contributed by atoms with van der Waals surface area (Å²) in [5.41, 5.74) is -1.76. The van der Waals surface area contributed by atoms with Gasteiger partial charge in [-0.3, -0.25) is 18.1 Å². The van der Waals surface area contributed by atoms with Crippen LogP contribution in [0.3, 0.4) is 0 Å². The second kappa shape index (κ2) is 6.21. The van der Waals surface area contributed by atoms with Crippen molar-refractivity contribution in [3.05, 3.63) is 0 Å². The molecule has 25 heavy (non-hydrogen) atoms. The van der Waals surface area contributed by atoms with E-state index in [1.54, 1.807) is 6.92 Å². The van der Waals surface area contributed by atoms with Crippen molar-refractivity contribution in [3.63, 3.8) is 0 Å². The summed E-state index contributed by atoms with van der Waals surface area (Å²) < 4.78 is 62.7. The Balaban J connectivity index is 1.51. The lowest BCUT2D eigenvalue weighted by atomic mass is 10.1. The van der Waals surface area contributed by atoms with Crippen molar-refractivity contribution in [2.24, 2.45) is 0 Å². The average molecular weight is 418 g/mol. The number of nitrogens with one attached hydrogen (secondary N) is 2. The second-order valence-electron chi connectivity index (χ2n) is 6.45. The van der Waals surface area contributed by atoms with Crippen molar-refractivity contribution in [2.75, 3.05) is 46.2 Å². The van der Waals surface area contributed by atoms with Gasteiger partial charge in [0.25, 0.3) is 7.57 Å². The van der Waals surface area contributed by atoms with Crippen LogP contribution in [0, 0.1) is 0 Å². The number of hydrogen-bond donors (Lipinski definition) is 2. The topological polar surface area (TPSA) is 123 Å². The van der Waals surface area contributed by atoms with Crippen molar-refractivity contribution in [1.82, 2.24) is 10.2 Å². The van der Waals surface area contributed by atoms with Crippen molar-refractivity contribution in [2.45, 2.75) is 18.0 Å². The van der Waals surface area contributed by atoms with Gasteiger partial charge in [0.2, 0.25) is 0 Å². The van der Waals surface area contributed by atoms with Gasteiger partial charge in [-0.25, -0.2) is 14.7 Å². The Morgan fingerprint density at radius 3 is 1.76 bits per heavy atom. The molecule has 0 aromatic rings. The molecular formula is C11H21N2O9P3. The predicted molar refractivity (Wildman–Crippen MR) is 88.3 cm³/mol. The molecule has 1 unspecified atom stereocenters. The Morgan fingerprint density at radius 1 is 0.960 bits per heavy atom. The molecule has 14 heteroatoms. The standard InChI is InChI=1S/C11H21N2O9P3/c1-3-16-24(14,12-10-4-17-23(2,18-5-10)19-6-10)13-11-7-20-25(15,21-8-11)22-9-11/h2-9H2,1H3,(H2,12,13,14). The Labute approximate surface area is 145 Å². The zero-order chi connectivity index (χ0) is 17.8. The number of fused-ring (bicyclic) bond motifs is 6. The van der Waals surface area contributed by atoms with Gasteiger partial charge >= 0.3 is 15.5 Å². The summed E-state index contributed by atoms with van der Waals surface area (Å²) in [6.07, 6.45) is 3.80.